The summed E-state index contributed by atoms with van der Waals surface area (Å²) in [6.45, 7) is 2.01. The van der Waals surface area contributed by atoms with Gasteiger partial charge in [0, 0.05) is 0 Å². The first-order chi connectivity index (χ1) is 6.77. The Hall–Kier alpha value is -0.570. The summed E-state index contributed by atoms with van der Waals surface area (Å²) in [6.07, 6.45) is 5.78. The Balaban J connectivity index is 1.69. The summed E-state index contributed by atoms with van der Waals surface area (Å²) in [5.41, 5.74) is 0. The van der Waals surface area contributed by atoms with E-state index in [4.69, 9.17) is 5.11 Å². The van der Waals surface area contributed by atoms with Gasteiger partial charge >= 0.3 is 5.97 Å². The molecule has 0 aromatic rings. The number of hydrogen-bond acceptors (Lipinski definition) is 2. The maximum absolute atomic E-state index is 10.9. The van der Waals surface area contributed by atoms with Gasteiger partial charge in [-0.15, -0.1) is 0 Å². The first-order valence-electron chi connectivity index (χ1n) is 5.71. The zero-order valence-corrected chi connectivity index (χ0v) is 8.54. The molecule has 2 aliphatic rings. The van der Waals surface area contributed by atoms with Crippen molar-refractivity contribution in [2.45, 2.75) is 32.1 Å². The average molecular weight is 197 g/mol. The third-order valence-corrected chi connectivity index (χ3v) is 3.51. The number of carboxylic acids is 1. The minimum absolute atomic E-state index is 0.0818. The van der Waals surface area contributed by atoms with Crippen LogP contribution in [-0.4, -0.2) is 24.2 Å². The zero-order valence-electron chi connectivity index (χ0n) is 8.54. The second kappa shape index (κ2) is 4.30. The Labute approximate surface area is 84.9 Å². The average Bonchev–Trinajstić information content (AvgIpc) is 2.82. The van der Waals surface area contributed by atoms with Gasteiger partial charge in [-0.05, 0) is 50.6 Å². The molecule has 0 aliphatic heterocycles. The second-order valence-electron chi connectivity index (χ2n) is 4.74. The van der Waals surface area contributed by atoms with Crippen LogP contribution in [0.1, 0.15) is 32.1 Å². The largest absolute Gasteiger partial charge is 0.481 e. The van der Waals surface area contributed by atoms with E-state index in [1.54, 1.807) is 0 Å². The highest BCUT2D eigenvalue weighted by Gasteiger charge is 2.32. The molecular weight excluding hydrogens is 178 g/mol. The molecule has 3 heteroatoms. The number of nitrogens with one attached hydrogen (secondary N) is 1. The van der Waals surface area contributed by atoms with Gasteiger partial charge in [-0.1, -0.05) is 6.42 Å². The highest BCUT2D eigenvalue weighted by Crippen LogP contribution is 2.32. The highest BCUT2D eigenvalue weighted by molar-refractivity contribution is 5.70. The molecule has 2 saturated carbocycles. The molecule has 2 rings (SSSR count). The van der Waals surface area contributed by atoms with E-state index in [1.807, 2.05) is 0 Å². The van der Waals surface area contributed by atoms with Crippen LogP contribution in [0.25, 0.3) is 0 Å². The summed E-state index contributed by atoms with van der Waals surface area (Å²) in [5.74, 6) is 0.591. The van der Waals surface area contributed by atoms with E-state index in [-0.39, 0.29) is 5.92 Å². The predicted molar refractivity (Wildman–Crippen MR) is 54.1 cm³/mol. The van der Waals surface area contributed by atoms with Gasteiger partial charge in [-0.2, -0.15) is 0 Å². The topological polar surface area (TPSA) is 49.3 Å². The van der Waals surface area contributed by atoms with Gasteiger partial charge in [0.1, 0.15) is 0 Å². The molecule has 0 aromatic carbocycles. The van der Waals surface area contributed by atoms with Crippen molar-refractivity contribution in [1.82, 2.24) is 5.32 Å². The first kappa shape index (κ1) is 9.97. The van der Waals surface area contributed by atoms with Crippen LogP contribution >= 0.6 is 0 Å². The van der Waals surface area contributed by atoms with Gasteiger partial charge in [0.2, 0.25) is 0 Å². The molecule has 3 nitrogen and oxygen atoms in total. The van der Waals surface area contributed by atoms with Crippen molar-refractivity contribution >= 4 is 5.97 Å². The van der Waals surface area contributed by atoms with E-state index >= 15 is 0 Å². The van der Waals surface area contributed by atoms with Crippen molar-refractivity contribution in [3.63, 3.8) is 0 Å². The van der Waals surface area contributed by atoms with Gasteiger partial charge in [0.05, 0.1) is 5.92 Å². The summed E-state index contributed by atoms with van der Waals surface area (Å²) in [5, 5.41) is 12.4. The van der Waals surface area contributed by atoms with Crippen molar-refractivity contribution < 1.29 is 9.90 Å². The molecule has 0 bridgehead atoms. The van der Waals surface area contributed by atoms with Crippen LogP contribution in [0.4, 0.5) is 0 Å². The lowest BCUT2D eigenvalue weighted by atomic mass is 9.96. The normalized spacial score (nSPS) is 32.0. The van der Waals surface area contributed by atoms with E-state index < -0.39 is 5.97 Å². The van der Waals surface area contributed by atoms with Crippen LogP contribution in [0.3, 0.4) is 0 Å². The minimum atomic E-state index is -0.597. The number of carbonyl (C=O) groups is 1. The van der Waals surface area contributed by atoms with Crippen molar-refractivity contribution in [2.24, 2.45) is 17.8 Å². The lowest BCUT2D eigenvalue weighted by molar-refractivity contribution is -0.142. The fourth-order valence-corrected chi connectivity index (χ4v) is 2.40. The maximum Gasteiger partial charge on any atom is 0.306 e. The number of aliphatic carboxylic acids is 1. The SMILES string of the molecule is O=C(O)C1CCCC1CNCC1CC1. The molecule has 0 heterocycles. The van der Waals surface area contributed by atoms with Gasteiger partial charge < -0.3 is 10.4 Å². The fourth-order valence-electron chi connectivity index (χ4n) is 2.40. The van der Waals surface area contributed by atoms with E-state index in [9.17, 15) is 4.79 Å². The molecule has 0 amide bonds. The highest BCUT2D eigenvalue weighted by atomic mass is 16.4. The molecule has 14 heavy (non-hydrogen) atoms. The van der Waals surface area contributed by atoms with Crippen molar-refractivity contribution in [3.05, 3.63) is 0 Å². The smallest absolute Gasteiger partial charge is 0.306 e. The molecule has 2 atom stereocenters. The van der Waals surface area contributed by atoms with Crippen LogP contribution in [0.2, 0.25) is 0 Å². The fraction of sp³-hybridized carbons (Fsp3) is 0.909. The quantitative estimate of drug-likeness (QED) is 0.702. The predicted octanol–water partition coefficient (Wildman–Crippen LogP) is 1.49. The van der Waals surface area contributed by atoms with E-state index in [2.05, 4.69) is 5.32 Å². The molecule has 2 unspecified atom stereocenters. The van der Waals surface area contributed by atoms with E-state index in [1.165, 1.54) is 12.8 Å². The minimum Gasteiger partial charge on any atom is -0.481 e. The number of rotatable bonds is 5. The summed E-state index contributed by atoms with van der Waals surface area (Å²) in [7, 11) is 0. The zero-order chi connectivity index (χ0) is 9.97. The van der Waals surface area contributed by atoms with Crippen molar-refractivity contribution in [1.29, 1.82) is 0 Å². The van der Waals surface area contributed by atoms with Crippen molar-refractivity contribution in [3.8, 4) is 0 Å². The Morgan fingerprint density at radius 1 is 1.21 bits per heavy atom. The van der Waals surface area contributed by atoms with Crippen molar-refractivity contribution in [2.75, 3.05) is 13.1 Å². The van der Waals surface area contributed by atoms with Crippen LogP contribution in [0, 0.1) is 17.8 Å². The molecule has 2 fully saturated rings. The molecule has 2 aliphatic carbocycles. The summed E-state index contributed by atoms with van der Waals surface area (Å²) >= 11 is 0. The molecule has 80 valence electrons. The van der Waals surface area contributed by atoms with E-state index in [0.29, 0.717) is 5.92 Å². The summed E-state index contributed by atoms with van der Waals surface area (Å²) < 4.78 is 0. The summed E-state index contributed by atoms with van der Waals surface area (Å²) in [4.78, 5) is 10.9. The van der Waals surface area contributed by atoms with Crippen LogP contribution in [0.15, 0.2) is 0 Å². The monoisotopic (exact) mass is 197 g/mol. The Morgan fingerprint density at radius 2 is 2.00 bits per heavy atom. The molecule has 0 aromatic heterocycles. The molecule has 2 N–H and O–H groups in total. The maximum atomic E-state index is 10.9. The molecule has 0 radical (unpaired) electrons. The number of hydrogen-bond donors (Lipinski definition) is 2. The van der Waals surface area contributed by atoms with Crippen LogP contribution in [0.5, 0.6) is 0 Å². The number of carboxylic acid groups (broad SMARTS) is 1. The van der Waals surface area contributed by atoms with Gasteiger partial charge in [0.15, 0.2) is 0 Å². The summed E-state index contributed by atoms with van der Waals surface area (Å²) in [6, 6.07) is 0. The molecule has 0 saturated heterocycles. The second-order valence-corrected chi connectivity index (χ2v) is 4.74. The van der Waals surface area contributed by atoms with E-state index in [0.717, 1.165) is 38.3 Å². The van der Waals surface area contributed by atoms with Gasteiger partial charge in [-0.25, -0.2) is 0 Å². The lowest BCUT2D eigenvalue weighted by Gasteiger charge is -2.16. The Bertz CT molecular complexity index is 213. The Kier molecular flexibility index (Phi) is 3.06. The van der Waals surface area contributed by atoms with Gasteiger partial charge in [0.25, 0.3) is 0 Å². The third kappa shape index (κ3) is 2.47. The first-order valence-corrected chi connectivity index (χ1v) is 5.71. The van der Waals surface area contributed by atoms with Crippen LogP contribution in [-0.2, 0) is 4.79 Å². The lowest BCUT2D eigenvalue weighted by Crippen LogP contribution is -2.30. The molecular formula is C11H19NO2. The van der Waals surface area contributed by atoms with Crippen LogP contribution < -0.4 is 5.32 Å². The third-order valence-electron chi connectivity index (χ3n) is 3.51. The van der Waals surface area contributed by atoms with Gasteiger partial charge in [-0.3, -0.25) is 4.79 Å². The Morgan fingerprint density at radius 3 is 2.64 bits per heavy atom. The standard InChI is InChI=1S/C11H19NO2/c13-11(14)10-3-1-2-9(10)7-12-6-8-4-5-8/h8-10,12H,1-7H2,(H,13,14). The molecule has 0 spiro atoms.